The van der Waals surface area contributed by atoms with Crippen LogP contribution >= 0.6 is 11.6 Å². The lowest BCUT2D eigenvalue weighted by Gasteiger charge is -2.18. The molecule has 1 heterocycles. The van der Waals surface area contributed by atoms with Crippen molar-refractivity contribution in [2.24, 2.45) is 0 Å². The van der Waals surface area contributed by atoms with Crippen molar-refractivity contribution in [3.63, 3.8) is 0 Å². The Labute approximate surface area is 164 Å². The van der Waals surface area contributed by atoms with Crippen LogP contribution in [0.5, 0.6) is 0 Å². The van der Waals surface area contributed by atoms with Gasteiger partial charge in [-0.25, -0.2) is 0 Å². The Balaban J connectivity index is 1.73. The van der Waals surface area contributed by atoms with Crippen LogP contribution in [0.3, 0.4) is 0 Å². The molecule has 6 heteroatoms. The van der Waals surface area contributed by atoms with Gasteiger partial charge in [0.2, 0.25) is 5.91 Å². The molecule has 27 heavy (non-hydrogen) atoms. The molecule has 2 amide bonds. The van der Waals surface area contributed by atoms with Crippen molar-refractivity contribution in [2.45, 2.75) is 25.9 Å². The number of quaternary nitrogens is 1. The van der Waals surface area contributed by atoms with E-state index in [1.54, 1.807) is 23.1 Å². The molecule has 0 unspecified atom stereocenters. The van der Waals surface area contributed by atoms with Crippen molar-refractivity contribution in [2.75, 3.05) is 25.5 Å². The molecule has 1 fully saturated rings. The number of halogens is 1. The molecule has 2 aromatic carbocycles. The van der Waals surface area contributed by atoms with E-state index in [0.717, 1.165) is 18.5 Å². The molecule has 142 valence electrons. The molecule has 2 aromatic rings. The fourth-order valence-corrected chi connectivity index (χ4v) is 3.54. The molecule has 0 aliphatic carbocycles. The van der Waals surface area contributed by atoms with E-state index in [1.165, 1.54) is 10.5 Å². The van der Waals surface area contributed by atoms with E-state index in [2.05, 4.69) is 25.5 Å². The minimum absolute atomic E-state index is 0.0505. The molecule has 3 rings (SSSR count). The molecule has 2 N–H and O–H groups in total. The maximum absolute atomic E-state index is 12.6. The minimum atomic E-state index is -0.174. The molecule has 0 spiro atoms. The van der Waals surface area contributed by atoms with Gasteiger partial charge < -0.3 is 15.1 Å². The van der Waals surface area contributed by atoms with Crippen LogP contribution in [0.4, 0.5) is 5.69 Å². The number of hydrogen-bond donors (Lipinski definition) is 2. The summed E-state index contributed by atoms with van der Waals surface area (Å²) >= 11 is 6.26. The number of benzene rings is 2. The Bertz CT molecular complexity index is 851. The maximum Gasteiger partial charge on any atom is 0.251 e. The average Bonchev–Trinajstić information content (AvgIpc) is 3.06. The first-order chi connectivity index (χ1) is 13.0. The predicted octanol–water partition coefficient (Wildman–Crippen LogP) is 2.04. The number of carbonyl (C=O) groups is 2. The van der Waals surface area contributed by atoms with Crippen LogP contribution < -0.4 is 15.1 Å². The van der Waals surface area contributed by atoms with Gasteiger partial charge >= 0.3 is 0 Å². The summed E-state index contributed by atoms with van der Waals surface area (Å²) in [5, 5.41) is 3.47. The Hall–Kier alpha value is -2.37. The van der Waals surface area contributed by atoms with Gasteiger partial charge in [0.1, 0.15) is 6.54 Å². The molecule has 5 nitrogen and oxygen atoms in total. The van der Waals surface area contributed by atoms with Crippen LogP contribution in [0, 0.1) is 0 Å². The Morgan fingerprint density at radius 2 is 1.93 bits per heavy atom. The highest BCUT2D eigenvalue weighted by atomic mass is 35.5. The topological polar surface area (TPSA) is 53.9 Å². The van der Waals surface area contributed by atoms with Crippen LogP contribution in [-0.4, -0.2) is 32.5 Å². The first kappa shape index (κ1) is 19.4. The van der Waals surface area contributed by atoms with E-state index < -0.39 is 0 Å². The number of anilines is 1. The molecule has 0 saturated carbocycles. The van der Waals surface area contributed by atoms with Crippen LogP contribution in [0.15, 0.2) is 42.5 Å². The third-order valence-corrected chi connectivity index (χ3v) is 4.99. The van der Waals surface area contributed by atoms with Crippen LogP contribution in [0.2, 0.25) is 5.02 Å². The fourth-order valence-electron chi connectivity index (χ4n) is 3.32. The number of rotatable bonds is 6. The highest BCUT2D eigenvalue weighted by molar-refractivity contribution is 6.34. The molecule has 1 saturated heterocycles. The Kier molecular flexibility index (Phi) is 6.14. The van der Waals surface area contributed by atoms with E-state index in [9.17, 15) is 9.59 Å². The second kappa shape index (κ2) is 8.55. The Morgan fingerprint density at radius 1 is 1.19 bits per heavy atom. The van der Waals surface area contributed by atoms with Gasteiger partial charge in [0.05, 0.1) is 24.8 Å². The van der Waals surface area contributed by atoms with E-state index in [4.69, 9.17) is 11.6 Å². The summed E-state index contributed by atoms with van der Waals surface area (Å²) in [4.78, 5) is 27.6. The number of hydrogen-bond acceptors (Lipinski definition) is 2. The van der Waals surface area contributed by atoms with Gasteiger partial charge in [-0.05, 0) is 30.2 Å². The third-order valence-electron chi connectivity index (χ3n) is 4.67. The van der Waals surface area contributed by atoms with Crippen LogP contribution in [0.1, 0.15) is 34.3 Å². The molecule has 0 aromatic heterocycles. The van der Waals surface area contributed by atoms with Crippen molar-refractivity contribution >= 4 is 29.1 Å². The van der Waals surface area contributed by atoms with E-state index in [0.29, 0.717) is 35.8 Å². The van der Waals surface area contributed by atoms with Gasteiger partial charge in [-0.1, -0.05) is 35.9 Å². The summed E-state index contributed by atoms with van der Waals surface area (Å²) in [5.41, 5.74) is 3.45. The van der Waals surface area contributed by atoms with Crippen molar-refractivity contribution < 1.29 is 14.5 Å². The van der Waals surface area contributed by atoms with Crippen LogP contribution in [-0.2, 0) is 17.9 Å². The highest BCUT2D eigenvalue weighted by Gasteiger charge is 2.24. The van der Waals surface area contributed by atoms with E-state index in [1.807, 2.05) is 18.2 Å². The lowest BCUT2D eigenvalue weighted by atomic mass is 10.1. The molecular weight excluding hydrogens is 362 g/mol. The number of nitrogens with zero attached hydrogens (tertiary/aromatic N) is 1. The standard InChI is InChI=1S/C21H24ClN3O2/c1-24(2)14-17-7-4-3-6-16(17)13-23-21(27)15-9-10-18(22)19(12-15)25-11-5-8-20(25)26/h3-4,6-7,9-10,12H,5,8,11,13-14H2,1-2H3,(H,23,27)/p+1. The smallest absolute Gasteiger partial charge is 0.251 e. The van der Waals surface area contributed by atoms with Crippen molar-refractivity contribution in [3.05, 3.63) is 64.2 Å². The maximum atomic E-state index is 12.6. The average molecular weight is 387 g/mol. The SMILES string of the molecule is C[NH+](C)Cc1ccccc1CNC(=O)c1ccc(Cl)c(N2CCCC2=O)c1. The summed E-state index contributed by atoms with van der Waals surface area (Å²) in [7, 11) is 4.20. The molecule has 1 aliphatic rings. The predicted molar refractivity (Wildman–Crippen MR) is 107 cm³/mol. The van der Waals surface area contributed by atoms with Gasteiger partial charge in [-0.3, -0.25) is 9.59 Å². The summed E-state index contributed by atoms with van der Waals surface area (Å²) in [6.45, 7) is 2.00. The summed E-state index contributed by atoms with van der Waals surface area (Å²) in [6.07, 6.45) is 1.34. The van der Waals surface area contributed by atoms with Gasteiger partial charge in [0.15, 0.2) is 0 Å². The summed E-state index contributed by atoms with van der Waals surface area (Å²) in [6, 6.07) is 13.2. The van der Waals surface area contributed by atoms with E-state index >= 15 is 0 Å². The highest BCUT2D eigenvalue weighted by Crippen LogP contribution is 2.30. The van der Waals surface area contributed by atoms with E-state index in [-0.39, 0.29) is 11.8 Å². The van der Waals surface area contributed by atoms with Crippen molar-refractivity contribution in [3.8, 4) is 0 Å². The quantitative estimate of drug-likeness (QED) is 0.798. The fraction of sp³-hybridized carbons (Fsp3) is 0.333. The Morgan fingerprint density at radius 3 is 2.59 bits per heavy atom. The van der Waals surface area contributed by atoms with Gasteiger partial charge in [-0.2, -0.15) is 0 Å². The van der Waals surface area contributed by atoms with Crippen molar-refractivity contribution in [1.29, 1.82) is 0 Å². The minimum Gasteiger partial charge on any atom is -0.348 e. The molecular formula is C21H25ClN3O2+. The van der Waals surface area contributed by atoms with Crippen LogP contribution in [0.25, 0.3) is 0 Å². The molecule has 0 bridgehead atoms. The second-order valence-electron chi connectivity index (χ2n) is 7.15. The van der Waals surface area contributed by atoms with Crippen molar-refractivity contribution in [1.82, 2.24) is 5.32 Å². The largest absolute Gasteiger partial charge is 0.348 e. The van der Waals surface area contributed by atoms with Gasteiger partial charge in [0.25, 0.3) is 5.91 Å². The normalized spacial score (nSPS) is 14.1. The zero-order valence-corrected chi connectivity index (χ0v) is 16.5. The number of nitrogens with one attached hydrogen (secondary N) is 2. The molecule has 1 aliphatic heterocycles. The molecule has 0 radical (unpaired) electrons. The lowest BCUT2D eigenvalue weighted by Crippen LogP contribution is -3.04. The second-order valence-corrected chi connectivity index (χ2v) is 7.56. The first-order valence-corrected chi connectivity index (χ1v) is 9.57. The monoisotopic (exact) mass is 386 g/mol. The molecule has 0 atom stereocenters. The zero-order chi connectivity index (χ0) is 19.4. The number of carbonyl (C=O) groups excluding carboxylic acids is 2. The summed E-state index contributed by atoms with van der Waals surface area (Å²) in [5.74, 6) is -0.124. The summed E-state index contributed by atoms with van der Waals surface area (Å²) < 4.78 is 0. The lowest BCUT2D eigenvalue weighted by molar-refractivity contribution is -0.872. The van der Waals surface area contributed by atoms with Gasteiger partial charge in [-0.15, -0.1) is 0 Å². The van der Waals surface area contributed by atoms with Gasteiger partial charge in [0, 0.05) is 30.6 Å². The number of amides is 2. The third kappa shape index (κ3) is 4.67. The zero-order valence-electron chi connectivity index (χ0n) is 15.7. The first-order valence-electron chi connectivity index (χ1n) is 9.19.